The summed E-state index contributed by atoms with van der Waals surface area (Å²) in [5.41, 5.74) is 0.515. The van der Waals surface area contributed by atoms with Gasteiger partial charge in [-0.1, -0.05) is 11.6 Å². The van der Waals surface area contributed by atoms with Crippen molar-refractivity contribution in [2.24, 2.45) is 0 Å². The number of hydrogen-bond donors (Lipinski definition) is 1. The van der Waals surface area contributed by atoms with Crippen molar-refractivity contribution in [1.29, 1.82) is 0 Å². The molecule has 0 bridgehead atoms. The van der Waals surface area contributed by atoms with Crippen LogP contribution in [0.5, 0.6) is 0 Å². The number of nitrogens with one attached hydrogen (secondary N) is 1. The highest BCUT2D eigenvalue weighted by molar-refractivity contribution is 8.00. The first-order valence-electron chi connectivity index (χ1n) is 7.09. The van der Waals surface area contributed by atoms with Crippen molar-refractivity contribution in [2.45, 2.75) is 23.5 Å². The molecule has 23 heavy (non-hydrogen) atoms. The highest BCUT2D eigenvalue weighted by Gasteiger charge is 2.14. The van der Waals surface area contributed by atoms with Gasteiger partial charge in [-0.2, -0.15) is 0 Å². The smallest absolute Gasteiger partial charge is 0.233 e. The van der Waals surface area contributed by atoms with Gasteiger partial charge in [-0.05, 0) is 55.3 Å². The number of thioether (sulfide) groups is 1. The van der Waals surface area contributed by atoms with Crippen molar-refractivity contribution in [3.63, 3.8) is 0 Å². The molecule has 1 unspecified atom stereocenters. The molecule has 2 aromatic carbocycles. The van der Waals surface area contributed by atoms with Crippen molar-refractivity contribution < 1.29 is 13.6 Å². The highest BCUT2D eigenvalue weighted by Crippen LogP contribution is 2.24. The number of hydrogen-bond acceptors (Lipinski definition) is 2. The second-order valence-corrected chi connectivity index (χ2v) is 6.88. The number of benzene rings is 2. The van der Waals surface area contributed by atoms with Crippen LogP contribution in [0.4, 0.5) is 8.78 Å². The van der Waals surface area contributed by atoms with Gasteiger partial charge in [0.05, 0.1) is 5.25 Å². The van der Waals surface area contributed by atoms with E-state index in [1.165, 1.54) is 23.9 Å². The minimum Gasteiger partial charge on any atom is -0.355 e. The molecule has 0 aliphatic rings. The average molecular weight is 356 g/mol. The summed E-state index contributed by atoms with van der Waals surface area (Å²) < 4.78 is 26.1. The molecule has 1 amide bonds. The van der Waals surface area contributed by atoms with E-state index < -0.39 is 11.6 Å². The van der Waals surface area contributed by atoms with Gasteiger partial charge in [0, 0.05) is 22.5 Å². The molecule has 6 heteroatoms. The molecule has 1 N–H and O–H groups in total. The first-order chi connectivity index (χ1) is 10.9. The van der Waals surface area contributed by atoms with Crippen molar-refractivity contribution >= 4 is 29.3 Å². The highest BCUT2D eigenvalue weighted by atomic mass is 35.5. The molecule has 0 radical (unpaired) electrons. The van der Waals surface area contributed by atoms with Crippen LogP contribution >= 0.6 is 23.4 Å². The Morgan fingerprint density at radius 1 is 1.17 bits per heavy atom. The lowest BCUT2D eigenvalue weighted by Gasteiger charge is -2.12. The molecular formula is C17H16ClF2NOS. The zero-order chi connectivity index (χ0) is 16.8. The average Bonchev–Trinajstić information content (AvgIpc) is 2.48. The third-order valence-electron chi connectivity index (χ3n) is 3.13. The Hall–Kier alpha value is -1.59. The van der Waals surface area contributed by atoms with Crippen LogP contribution in [-0.4, -0.2) is 17.7 Å². The van der Waals surface area contributed by atoms with E-state index in [0.29, 0.717) is 23.6 Å². The Kier molecular flexibility index (Phi) is 6.42. The van der Waals surface area contributed by atoms with Crippen LogP contribution in [-0.2, 0) is 11.2 Å². The summed E-state index contributed by atoms with van der Waals surface area (Å²) in [7, 11) is 0. The van der Waals surface area contributed by atoms with E-state index in [2.05, 4.69) is 5.32 Å². The van der Waals surface area contributed by atoms with Gasteiger partial charge in [-0.15, -0.1) is 11.8 Å². The first kappa shape index (κ1) is 17.8. The lowest BCUT2D eigenvalue weighted by Crippen LogP contribution is -2.32. The molecule has 0 fully saturated rings. The Bertz CT molecular complexity index is 659. The van der Waals surface area contributed by atoms with Gasteiger partial charge in [0.1, 0.15) is 11.6 Å². The quantitative estimate of drug-likeness (QED) is 0.775. The van der Waals surface area contributed by atoms with Gasteiger partial charge in [-0.3, -0.25) is 4.79 Å². The molecule has 1 atom stereocenters. The molecular weight excluding hydrogens is 340 g/mol. The maximum absolute atomic E-state index is 13.1. The minimum absolute atomic E-state index is 0.123. The summed E-state index contributed by atoms with van der Waals surface area (Å²) >= 11 is 7.24. The molecule has 0 aromatic heterocycles. The molecule has 0 heterocycles. The van der Waals surface area contributed by atoms with Crippen LogP contribution in [0.1, 0.15) is 12.5 Å². The molecule has 2 aromatic rings. The minimum atomic E-state index is -0.613. The molecule has 122 valence electrons. The zero-order valence-electron chi connectivity index (χ0n) is 12.5. The number of halogens is 3. The Labute approximate surface area is 143 Å². The summed E-state index contributed by atoms with van der Waals surface area (Å²) in [6.07, 6.45) is 0.374. The molecule has 0 saturated carbocycles. The predicted octanol–water partition coefficient (Wildman–Crippen LogP) is 4.46. The van der Waals surface area contributed by atoms with E-state index >= 15 is 0 Å². The number of carbonyl (C=O) groups excluding carboxylic acids is 1. The fourth-order valence-electron chi connectivity index (χ4n) is 2.00. The second kappa shape index (κ2) is 8.31. The summed E-state index contributed by atoms with van der Waals surface area (Å²) in [4.78, 5) is 13.0. The van der Waals surface area contributed by atoms with Gasteiger partial charge >= 0.3 is 0 Å². The van der Waals surface area contributed by atoms with E-state index in [0.717, 1.165) is 11.0 Å². The molecule has 0 aliphatic carbocycles. The summed E-state index contributed by atoms with van der Waals surface area (Å²) in [6.45, 7) is 2.13. The standard InChI is InChI=1S/C17H16ClF2NOS/c1-11(23-16-4-2-13(18)3-5-16)17(22)21-7-6-12-8-14(19)10-15(20)9-12/h2-5,8-11H,6-7H2,1H3,(H,21,22). The predicted molar refractivity (Wildman–Crippen MR) is 89.8 cm³/mol. The lowest BCUT2D eigenvalue weighted by molar-refractivity contribution is -0.120. The molecule has 2 rings (SSSR count). The number of carbonyl (C=O) groups is 1. The van der Waals surface area contributed by atoms with Crippen LogP contribution in [0, 0.1) is 11.6 Å². The second-order valence-electron chi connectivity index (χ2n) is 5.03. The van der Waals surface area contributed by atoms with Gasteiger partial charge in [0.15, 0.2) is 0 Å². The molecule has 0 spiro atoms. The van der Waals surface area contributed by atoms with E-state index in [1.54, 1.807) is 19.1 Å². The molecule has 0 aliphatic heterocycles. The van der Waals surface area contributed by atoms with E-state index in [1.807, 2.05) is 12.1 Å². The number of amides is 1. The van der Waals surface area contributed by atoms with Crippen LogP contribution in [0.15, 0.2) is 47.4 Å². The Morgan fingerprint density at radius 3 is 2.39 bits per heavy atom. The van der Waals surface area contributed by atoms with Crippen LogP contribution in [0.3, 0.4) is 0 Å². The third-order valence-corrected chi connectivity index (χ3v) is 4.49. The van der Waals surface area contributed by atoms with E-state index in [-0.39, 0.29) is 11.2 Å². The summed E-state index contributed by atoms with van der Waals surface area (Å²) in [5.74, 6) is -1.35. The van der Waals surface area contributed by atoms with Crippen molar-refractivity contribution in [3.8, 4) is 0 Å². The topological polar surface area (TPSA) is 29.1 Å². The van der Waals surface area contributed by atoms with Crippen LogP contribution < -0.4 is 5.32 Å². The van der Waals surface area contributed by atoms with Gasteiger partial charge in [0.25, 0.3) is 0 Å². The van der Waals surface area contributed by atoms with Crippen molar-refractivity contribution in [3.05, 3.63) is 64.7 Å². The van der Waals surface area contributed by atoms with Gasteiger partial charge in [-0.25, -0.2) is 8.78 Å². The summed E-state index contributed by atoms with van der Waals surface area (Å²) in [5, 5.41) is 3.14. The normalized spacial score (nSPS) is 12.0. The van der Waals surface area contributed by atoms with Gasteiger partial charge < -0.3 is 5.32 Å². The molecule has 0 saturated heterocycles. The van der Waals surface area contributed by atoms with Crippen molar-refractivity contribution in [1.82, 2.24) is 5.32 Å². The van der Waals surface area contributed by atoms with E-state index in [9.17, 15) is 13.6 Å². The third kappa shape index (κ3) is 5.84. The lowest BCUT2D eigenvalue weighted by atomic mass is 10.1. The number of rotatable bonds is 6. The Balaban J connectivity index is 1.80. The van der Waals surface area contributed by atoms with Crippen LogP contribution in [0.2, 0.25) is 5.02 Å². The fraction of sp³-hybridized carbons (Fsp3) is 0.235. The van der Waals surface area contributed by atoms with E-state index in [4.69, 9.17) is 11.6 Å². The Morgan fingerprint density at radius 2 is 1.78 bits per heavy atom. The molecule has 2 nitrogen and oxygen atoms in total. The fourth-order valence-corrected chi connectivity index (χ4v) is 3.02. The monoisotopic (exact) mass is 355 g/mol. The zero-order valence-corrected chi connectivity index (χ0v) is 14.1. The van der Waals surface area contributed by atoms with Crippen LogP contribution in [0.25, 0.3) is 0 Å². The first-order valence-corrected chi connectivity index (χ1v) is 8.35. The van der Waals surface area contributed by atoms with Crippen molar-refractivity contribution in [2.75, 3.05) is 6.54 Å². The largest absolute Gasteiger partial charge is 0.355 e. The van der Waals surface area contributed by atoms with Gasteiger partial charge in [0.2, 0.25) is 5.91 Å². The summed E-state index contributed by atoms with van der Waals surface area (Å²) in [6, 6.07) is 10.6. The maximum Gasteiger partial charge on any atom is 0.233 e. The SMILES string of the molecule is CC(Sc1ccc(Cl)cc1)C(=O)NCCc1cc(F)cc(F)c1. The maximum atomic E-state index is 13.1.